The van der Waals surface area contributed by atoms with Gasteiger partial charge >= 0.3 is 12.0 Å². The summed E-state index contributed by atoms with van der Waals surface area (Å²) >= 11 is 0. The van der Waals surface area contributed by atoms with Crippen molar-refractivity contribution in [1.29, 1.82) is 0 Å². The molecule has 1 saturated heterocycles. The summed E-state index contributed by atoms with van der Waals surface area (Å²) in [7, 11) is 0. The Hall–Kier alpha value is -1.79. The summed E-state index contributed by atoms with van der Waals surface area (Å²) in [4.78, 5) is 36.4. The highest BCUT2D eigenvalue weighted by molar-refractivity contribution is 5.85. The van der Waals surface area contributed by atoms with Crippen LogP contribution in [0.4, 0.5) is 4.79 Å². The minimum Gasteiger partial charge on any atom is -0.480 e. The van der Waals surface area contributed by atoms with E-state index in [0.29, 0.717) is 32.0 Å². The molecule has 0 saturated carbocycles. The maximum atomic E-state index is 12.0. The molecule has 0 aromatic rings. The molecule has 120 valence electrons. The number of carbonyl (C=O) groups excluding carboxylic acids is 2. The lowest BCUT2D eigenvalue weighted by Crippen LogP contribution is -2.51. The summed E-state index contributed by atoms with van der Waals surface area (Å²) in [5.41, 5.74) is 0. The van der Waals surface area contributed by atoms with Crippen molar-refractivity contribution in [3.05, 3.63) is 0 Å². The highest BCUT2D eigenvalue weighted by atomic mass is 16.4. The molecule has 1 heterocycles. The van der Waals surface area contributed by atoms with E-state index in [-0.39, 0.29) is 17.9 Å². The second-order valence-corrected chi connectivity index (χ2v) is 5.93. The minimum atomic E-state index is -1.06. The Morgan fingerprint density at radius 3 is 2.52 bits per heavy atom. The smallest absolute Gasteiger partial charge is 0.325 e. The van der Waals surface area contributed by atoms with E-state index in [1.165, 1.54) is 6.92 Å². The first-order valence-electron chi connectivity index (χ1n) is 7.37. The summed E-state index contributed by atoms with van der Waals surface area (Å²) in [5.74, 6) is -1.34. The van der Waals surface area contributed by atoms with E-state index in [1.54, 1.807) is 4.90 Å². The van der Waals surface area contributed by atoms with Gasteiger partial charge < -0.3 is 20.6 Å². The molecule has 1 unspecified atom stereocenters. The fourth-order valence-electron chi connectivity index (χ4n) is 2.17. The predicted molar refractivity (Wildman–Crippen MR) is 77.8 cm³/mol. The molecule has 2 atom stereocenters. The van der Waals surface area contributed by atoms with Gasteiger partial charge in [0.15, 0.2) is 0 Å². The molecule has 3 N–H and O–H groups in total. The Bertz CT molecular complexity index is 398. The average Bonchev–Trinajstić information content (AvgIpc) is 2.44. The van der Waals surface area contributed by atoms with Crippen molar-refractivity contribution >= 4 is 17.9 Å². The monoisotopic (exact) mass is 299 g/mol. The first-order chi connectivity index (χ1) is 9.81. The van der Waals surface area contributed by atoms with Crippen molar-refractivity contribution in [2.75, 3.05) is 19.6 Å². The third kappa shape index (κ3) is 5.61. The van der Waals surface area contributed by atoms with Gasteiger partial charge in [-0.25, -0.2) is 4.79 Å². The number of amides is 3. The number of rotatable bonds is 5. The molecule has 21 heavy (non-hydrogen) atoms. The number of likely N-dealkylation sites (tertiary alicyclic amines) is 1. The summed E-state index contributed by atoms with van der Waals surface area (Å²) in [5, 5.41) is 14.1. The maximum absolute atomic E-state index is 12.0. The minimum absolute atomic E-state index is 0.160. The summed E-state index contributed by atoms with van der Waals surface area (Å²) < 4.78 is 0. The number of nitrogens with one attached hydrogen (secondary N) is 2. The topological polar surface area (TPSA) is 98.7 Å². The van der Waals surface area contributed by atoms with Crippen molar-refractivity contribution in [3.8, 4) is 0 Å². The lowest BCUT2D eigenvalue weighted by Gasteiger charge is -2.32. The molecular formula is C14H25N3O4. The van der Waals surface area contributed by atoms with Crippen molar-refractivity contribution < 1.29 is 19.5 Å². The maximum Gasteiger partial charge on any atom is 0.325 e. The fraction of sp³-hybridized carbons (Fsp3) is 0.786. The Kier molecular flexibility index (Phi) is 6.45. The van der Waals surface area contributed by atoms with Gasteiger partial charge in [-0.3, -0.25) is 9.59 Å². The molecule has 1 fully saturated rings. The molecule has 0 radical (unpaired) electrons. The number of urea groups is 1. The van der Waals surface area contributed by atoms with Crippen LogP contribution >= 0.6 is 0 Å². The summed E-state index contributed by atoms with van der Waals surface area (Å²) in [6, 6.07) is -1.07. The van der Waals surface area contributed by atoms with Gasteiger partial charge in [-0.2, -0.15) is 0 Å². The number of nitrogens with zero attached hydrogens (tertiary/aromatic N) is 1. The Morgan fingerprint density at radius 1 is 1.29 bits per heavy atom. The zero-order chi connectivity index (χ0) is 16.0. The first-order valence-corrected chi connectivity index (χ1v) is 7.37. The molecule has 0 spiro atoms. The predicted octanol–water partition coefficient (Wildman–Crippen LogP) is 0.653. The van der Waals surface area contributed by atoms with Crippen molar-refractivity contribution in [2.24, 2.45) is 11.8 Å². The number of aliphatic carboxylic acids is 1. The Labute approximate surface area is 125 Å². The van der Waals surface area contributed by atoms with Gasteiger partial charge in [0.05, 0.1) is 5.92 Å². The number of hydrogen-bond donors (Lipinski definition) is 3. The number of carboxylic acid groups (broad SMARTS) is 1. The molecule has 1 aliphatic rings. The van der Waals surface area contributed by atoms with E-state index in [4.69, 9.17) is 5.11 Å². The molecule has 7 heteroatoms. The fourth-order valence-corrected chi connectivity index (χ4v) is 2.17. The van der Waals surface area contributed by atoms with E-state index < -0.39 is 12.0 Å². The number of carboxylic acids is 1. The van der Waals surface area contributed by atoms with Crippen LogP contribution < -0.4 is 10.6 Å². The third-order valence-electron chi connectivity index (χ3n) is 3.47. The molecule has 0 bridgehead atoms. The van der Waals surface area contributed by atoms with Crippen LogP contribution in [0.1, 0.15) is 33.6 Å². The highest BCUT2D eigenvalue weighted by Crippen LogP contribution is 2.17. The van der Waals surface area contributed by atoms with Gasteiger partial charge in [0.1, 0.15) is 6.04 Å². The standard InChI is InChI=1S/C14H25N3O4/c1-9(2)7-15-14(21)17-6-4-5-11(8-17)12(18)16-10(3)13(19)20/h9-11H,4-8H2,1-3H3,(H,15,21)(H,16,18)(H,19,20)/t10-,11?/m1/s1. The summed E-state index contributed by atoms with van der Waals surface area (Å²) in [6.07, 6.45) is 1.42. The molecule has 0 aliphatic carbocycles. The largest absolute Gasteiger partial charge is 0.480 e. The number of hydrogen-bond acceptors (Lipinski definition) is 3. The van der Waals surface area contributed by atoms with Gasteiger partial charge in [-0.05, 0) is 25.7 Å². The van der Waals surface area contributed by atoms with Gasteiger partial charge in [0.25, 0.3) is 0 Å². The molecule has 3 amide bonds. The molecule has 0 aromatic carbocycles. The van der Waals surface area contributed by atoms with Crippen LogP contribution in [0.3, 0.4) is 0 Å². The lowest BCUT2D eigenvalue weighted by atomic mass is 9.97. The Balaban J connectivity index is 2.49. The van der Waals surface area contributed by atoms with Crippen molar-refractivity contribution in [2.45, 2.75) is 39.7 Å². The quantitative estimate of drug-likeness (QED) is 0.694. The van der Waals surface area contributed by atoms with Crippen LogP contribution in [0.5, 0.6) is 0 Å². The van der Waals surface area contributed by atoms with E-state index in [0.717, 1.165) is 6.42 Å². The normalized spacial score (nSPS) is 20.0. The van der Waals surface area contributed by atoms with Crippen LogP contribution in [0.2, 0.25) is 0 Å². The van der Waals surface area contributed by atoms with Crippen LogP contribution in [-0.2, 0) is 9.59 Å². The molecule has 1 rings (SSSR count). The summed E-state index contributed by atoms with van der Waals surface area (Å²) in [6.45, 7) is 7.02. The zero-order valence-electron chi connectivity index (χ0n) is 12.9. The molecular weight excluding hydrogens is 274 g/mol. The van der Waals surface area contributed by atoms with E-state index in [2.05, 4.69) is 10.6 Å². The van der Waals surface area contributed by atoms with Gasteiger partial charge in [0, 0.05) is 19.6 Å². The molecule has 0 aromatic heterocycles. The highest BCUT2D eigenvalue weighted by Gasteiger charge is 2.29. The molecule has 1 aliphatic heterocycles. The van der Waals surface area contributed by atoms with Gasteiger partial charge in [-0.15, -0.1) is 0 Å². The average molecular weight is 299 g/mol. The molecule has 7 nitrogen and oxygen atoms in total. The first kappa shape index (κ1) is 17.3. The zero-order valence-corrected chi connectivity index (χ0v) is 12.9. The number of piperidine rings is 1. The second-order valence-electron chi connectivity index (χ2n) is 5.93. The van der Waals surface area contributed by atoms with Crippen LogP contribution in [0, 0.1) is 11.8 Å². The van der Waals surface area contributed by atoms with Crippen LogP contribution in [0.25, 0.3) is 0 Å². The second kappa shape index (κ2) is 7.85. The van der Waals surface area contributed by atoms with Gasteiger partial charge in [-0.1, -0.05) is 13.8 Å². The van der Waals surface area contributed by atoms with E-state index in [1.807, 2.05) is 13.8 Å². The van der Waals surface area contributed by atoms with Crippen LogP contribution in [0.15, 0.2) is 0 Å². The number of carbonyl (C=O) groups is 3. The van der Waals surface area contributed by atoms with Crippen molar-refractivity contribution in [1.82, 2.24) is 15.5 Å². The third-order valence-corrected chi connectivity index (χ3v) is 3.47. The SMILES string of the molecule is CC(C)CNC(=O)N1CCCC(C(=O)N[C@H](C)C(=O)O)C1. The van der Waals surface area contributed by atoms with E-state index in [9.17, 15) is 14.4 Å². The van der Waals surface area contributed by atoms with Crippen LogP contribution in [-0.4, -0.2) is 53.6 Å². The van der Waals surface area contributed by atoms with Gasteiger partial charge in [0.2, 0.25) is 5.91 Å². The lowest BCUT2D eigenvalue weighted by molar-refractivity contribution is -0.142. The van der Waals surface area contributed by atoms with E-state index >= 15 is 0 Å². The van der Waals surface area contributed by atoms with Crippen molar-refractivity contribution in [3.63, 3.8) is 0 Å². The Morgan fingerprint density at radius 2 is 1.95 bits per heavy atom.